The maximum absolute atomic E-state index is 11.3. The molecule has 15 heavy (non-hydrogen) atoms. The molecule has 0 aromatic heterocycles. The molecular formula is C10H15NO3S. The second-order valence-electron chi connectivity index (χ2n) is 4.48. The van der Waals surface area contributed by atoms with E-state index in [4.69, 9.17) is 5.14 Å². The summed E-state index contributed by atoms with van der Waals surface area (Å²) in [4.78, 5) is -0.0185. The number of sulfonamides is 1. The van der Waals surface area contributed by atoms with Gasteiger partial charge in [0.15, 0.2) is 0 Å². The molecule has 5 heteroatoms. The molecule has 0 radical (unpaired) electrons. The van der Waals surface area contributed by atoms with E-state index in [9.17, 15) is 13.5 Å². The van der Waals surface area contributed by atoms with Crippen molar-refractivity contribution in [3.63, 3.8) is 0 Å². The van der Waals surface area contributed by atoms with Gasteiger partial charge in [-0.15, -0.1) is 0 Å². The fourth-order valence-electron chi connectivity index (χ4n) is 1.37. The van der Waals surface area contributed by atoms with Crippen LogP contribution in [0.3, 0.4) is 0 Å². The number of aromatic hydroxyl groups is 1. The van der Waals surface area contributed by atoms with Gasteiger partial charge in [0, 0.05) is 6.07 Å². The molecule has 84 valence electrons. The lowest BCUT2D eigenvalue weighted by atomic mass is 9.87. The van der Waals surface area contributed by atoms with Crippen LogP contribution in [0.5, 0.6) is 5.75 Å². The van der Waals surface area contributed by atoms with Gasteiger partial charge in [0.05, 0.1) is 4.90 Å². The number of primary sulfonamides is 1. The Morgan fingerprint density at radius 2 is 1.80 bits per heavy atom. The van der Waals surface area contributed by atoms with E-state index in [-0.39, 0.29) is 16.1 Å². The number of nitrogens with two attached hydrogens (primary N) is 1. The van der Waals surface area contributed by atoms with Gasteiger partial charge in [-0.05, 0) is 17.0 Å². The van der Waals surface area contributed by atoms with Gasteiger partial charge in [-0.2, -0.15) is 0 Å². The third kappa shape index (κ3) is 2.70. The predicted octanol–water partition coefficient (Wildman–Crippen LogP) is 1.34. The third-order valence-electron chi connectivity index (χ3n) is 2.08. The third-order valence-corrected chi connectivity index (χ3v) is 3.03. The first kappa shape index (κ1) is 12.0. The highest BCUT2D eigenvalue weighted by molar-refractivity contribution is 7.89. The second-order valence-corrected chi connectivity index (χ2v) is 6.01. The first-order chi connectivity index (χ1) is 6.62. The van der Waals surface area contributed by atoms with Crippen molar-refractivity contribution in [2.24, 2.45) is 5.14 Å². The van der Waals surface area contributed by atoms with E-state index in [1.54, 1.807) is 6.07 Å². The lowest BCUT2D eigenvalue weighted by molar-refractivity contribution is 0.470. The van der Waals surface area contributed by atoms with Crippen molar-refractivity contribution >= 4 is 10.0 Å². The maximum Gasteiger partial charge on any atom is 0.238 e. The monoisotopic (exact) mass is 229 g/mol. The van der Waals surface area contributed by atoms with Crippen LogP contribution in [0.2, 0.25) is 0 Å². The molecule has 1 aromatic rings. The highest BCUT2D eigenvalue weighted by atomic mass is 32.2. The van der Waals surface area contributed by atoms with Crippen molar-refractivity contribution in [2.45, 2.75) is 31.1 Å². The Morgan fingerprint density at radius 3 is 2.20 bits per heavy atom. The summed E-state index contributed by atoms with van der Waals surface area (Å²) in [6, 6.07) is 4.21. The Labute approximate surface area is 89.8 Å². The van der Waals surface area contributed by atoms with E-state index < -0.39 is 10.0 Å². The molecule has 1 aromatic carbocycles. The molecule has 0 aliphatic rings. The summed E-state index contributed by atoms with van der Waals surface area (Å²) >= 11 is 0. The Balaban J connectivity index is 3.55. The van der Waals surface area contributed by atoms with Crippen LogP contribution in [0.25, 0.3) is 0 Å². The predicted molar refractivity (Wildman–Crippen MR) is 58.2 cm³/mol. The van der Waals surface area contributed by atoms with Crippen molar-refractivity contribution in [1.29, 1.82) is 0 Å². The Hall–Kier alpha value is -1.07. The summed E-state index contributed by atoms with van der Waals surface area (Å²) in [5, 5.41) is 14.3. The summed E-state index contributed by atoms with van der Waals surface area (Å²) in [5.74, 6) is -0.105. The molecule has 0 fully saturated rings. The fourth-order valence-corrected chi connectivity index (χ4v) is 2.33. The van der Waals surface area contributed by atoms with Gasteiger partial charge in [0.2, 0.25) is 10.0 Å². The zero-order valence-corrected chi connectivity index (χ0v) is 9.80. The summed E-state index contributed by atoms with van der Waals surface area (Å²) < 4.78 is 22.6. The minimum absolute atomic E-state index is 0.0185. The fraction of sp³-hybridized carbons (Fsp3) is 0.400. The molecule has 0 unspecified atom stereocenters. The van der Waals surface area contributed by atoms with Crippen LogP contribution < -0.4 is 5.14 Å². The normalized spacial score (nSPS) is 12.8. The lowest BCUT2D eigenvalue weighted by Gasteiger charge is -2.21. The van der Waals surface area contributed by atoms with E-state index in [0.717, 1.165) is 0 Å². The molecule has 0 saturated heterocycles. The largest absolute Gasteiger partial charge is 0.508 e. The molecule has 0 aliphatic heterocycles. The minimum Gasteiger partial charge on any atom is -0.508 e. The van der Waals surface area contributed by atoms with Crippen molar-refractivity contribution in [1.82, 2.24) is 0 Å². The summed E-state index contributed by atoms with van der Waals surface area (Å²) in [6.07, 6.45) is 0. The summed E-state index contributed by atoms with van der Waals surface area (Å²) in [5.41, 5.74) is 0.262. The van der Waals surface area contributed by atoms with Crippen LogP contribution >= 0.6 is 0 Å². The van der Waals surface area contributed by atoms with Gasteiger partial charge in [-0.25, -0.2) is 13.6 Å². The van der Waals surface area contributed by atoms with Crippen LogP contribution in [-0.4, -0.2) is 13.5 Å². The number of phenolic OH excluding ortho intramolecular Hbond substituents is 1. The lowest BCUT2D eigenvalue weighted by Crippen LogP contribution is -2.21. The molecule has 0 amide bonds. The first-order valence-electron chi connectivity index (χ1n) is 4.48. The Morgan fingerprint density at radius 1 is 1.27 bits per heavy atom. The quantitative estimate of drug-likeness (QED) is 0.762. The van der Waals surface area contributed by atoms with Gasteiger partial charge < -0.3 is 5.11 Å². The van der Waals surface area contributed by atoms with Crippen LogP contribution in [0.1, 0.15) is 26.3 Å². The zero-order chi connectivity index (χ0) is 11.9. The molecule has 0 aliphatic carbocycles. The molecular weight excluding hydrogens is 214 g/mol. The van der Waals surface area contributed by atoms with Gasteiger partial charge >= 0.3 is 0 Å². The Bertz CT molecular complexity index is 472. The number of benzene rings is 1. The second kappa shape index (κ2) is 3.50. The van der Waals surface area contributed by atoms with Crippen LogP contribution in [-0.2, 0) is 15.4 Å². The van der Waals surface area contributed by atoms with Crippen LogP contribution in [0.4, 0.5) is 0 Å². The van der Waals surface area contributed by atoms with Crippen molar-refractivity contribution < 1.29 is 13.5 Å². The van der Waals surface area contributed by atoms with E-state index >= 15 is 0 Å². The van der Waals surface area contributed by atoms with Crippen molar-refractivity contribution in [2.75, 3.05) is 0 Å². The van der Waals surface area contributed by atoms with E-state index in [0.29, 0.717) is 5.56 Å². The number of phenols is 1. The smallest absolute Gasteiger partial charge is 0.238 e. The summed E-state index contributed by atoms with van der Waals surface area (Å²) in [7, 11) is -3.80. The molecule has 4 nitrogen and oxygen atoms in total. The number of rotatable bonds is 1. The zero-order valence-electron chi connectivity index (χ0n) is 8.98. The molecule has 3 N–H and O–H groups in total. The van der Waals surface area contributed by atoms with Crippen LogP contribution in [0.15, 0.2) is 23.1 Å². The SMILES string of the molecule is CC(C)(C)c1ccc(O)cc1S(N)(=O)=O. The highest BCUT2D eigenvalue weighted by Gasteiger charge is 2.23. The number of hydrogen-bond acceptors (Lipinski definition) is 3. The number of hydrogen-bond donors (Lipinski definition) is 2. The molecule has 0 saturated carbocycles. The standard InChI is InChI=1S/C10H15NO3S/c1-10(2,3)8-5-4-7(12)6-9(8)15(11,13)14/h4-6,12H,1-3H3,(H2,11,13,14). The summed E-state index contributed by atoms with van der Waals surface area (Å²) in [6.45, 7) is 5.65. The van der Waals surface area contributed by atoms with Crippen molar-refractivity contribution in [3.05, 3.63) is 23.8 Å². The minimum atomic E-state index is -3.80. The maximum atomic E-state index is 11.3. The van der Waals surface area contributed by atoms with Crippen molar-refractivity contribution in [3.8, 4) is 5.75 Å². The van der Waals surface area contributed by atoms with E-state index in [1.807, 2.05) is 20.8 Å². The first-order valence-corrected chi connectivity index (χ1v) is 6.03. The van der Waals surface area contributed by atoms with E-state index in [2.05, 4.69) is 0 Å². The molecule has 0 spiro atoms. The molecule has 0 atom stereocenters. The average molecular weight is 229 g/mol. The molecule has 0 bridgehead atoms. The van der Waals surface area contributed by atoms with Gasteiger partial charge in [0.25, 0.3) is 0 Å². The molecule has 1 rings (SSSR count). The highest BCUT2D eigenvalue weighted by Crippen LogP contribution is 2.30. The van der Waals surface area contributed by atoms with E-state index in [1.165, 1.54) is 12.1 Å². The van der Waals surface area contributed by atoms with Gasteiger partial charge in [-0.3, -0.25) is 0 Å². The topological polar surface area (TPSA) is 80.4 Å². The Kier molecular flexibility index (Phi) is 2.80. The van der Waals surface area contributed by atoms with Crippen LogP contribution in [0, 0.1) is 0 Å². The van der Waals surface area contributed by atoms with Gasteiger partial charge in [0.1, 0.15) is 5.75 Å². The average Bonchev–Trinajstić information content (AvgIpc) is 2.00. The van der Waals surface area contributed by atoms with Gasteiger partial charge in [-0.1, -0.05) is 26.8 Å². The molecule has 0 heterocycles.